The van der Waals surface area contributed by atoms with Crippen molar-refractivity contribution in [1.82, 2.24) is 10.6 Å². The van der Waals surface area contributed by atoms with Crippen molar-refractivity contribution in [3.8, 4) is 0 Å². The van der Waals surface area contributed by atoms with E-state index in [4.69, 9.17) is 5.14 Å². The van der Waals surface area contributed by atoms with Crippen molar-refractivity contribution < 1.29 is 8.42 Å². The molecule has 0 bridgehead atoms. The maximum Gasteiger partial charge on any atom is 0.238 e. The summed E-state index contributed by atoms with van der Waals surface area (Å²) in [7, 11) is -3.64. The van der Waals surface area contributed by atoms with Crippen LogP contribution in [0.15, 0.2) is 34.2 Å². The minimum absolute atomic E-state index is 0. The number of primary sulfonamides is 1. The Labute approximate surface area is 180 Å². The van der Waals surface area contributed by atoms with Gasteiger partial charge in [0.2, 0.25) is 10.0 Å². The molecular weight excluding hydrogens is 475 g/mol. The largest absolute Gasteiger partial charge is 0.357 e. The lowest BCUT2D eigenvalue weighted by atomic mass is 9.86. The molecule has 1 aromatic carbocycles. The molecule has 2 rings (SSSR count). The minimum atomic E-state index is -3.64. The summed E-state index contributed by atoms with van der Waals surface area (Å²) in [5.74, 6) is 1.70. The number of nitrogens with zero attached hydrogens (tertiary/aromatic N) is 1. The number of nitrogens with two attached hydrogens (primary N) is 1. The fourth-order valence-electron chi connectivity index (χ4n) is 3.37. The third kappa shape index (κ3) is 9.25. The topological polar surface area (TPSA) is 96.6 Å². The molecule has 0 unspecified atom stereocenters. The number of aliphatic imine (C=N–C) groups is 1. The molecule has 8 heteroatoms. The molecule has 0 heterocycles. The van der Waals surface area contributed by atoms with Gasteiger partial charge in [0.05, 0.1) is 11.4 Å². The zero-order valence-electron chi connectivity index (χ0n) is 16.1. The van der Waals surface area contributed by atoms with E-state index in [9.17, 15) is 8.42 Å². The van der Waals surface area contributed by atoms with Crippen molar-refractivity contribution in [2.45, 2.75) is 63.3 Å². The smallest absolute Gasteiger partial charge is 0.238 e. The molecule has 154 valence electrons. The molecule has 1 aliphatic carbocycles. The van der Waals surface area contributed by atoms with Crippen LogP contribution in [0.25, 0.3) is 0 Å². The monoisotopic (exact) mass is 508 g/mol. The van der Waals surface area contributed by atoms with Crippen molar-refractivity contribution in [2.75, 3.05) is 13.1 Å². The molecule has 0 saturated heterocycles. The highest BCUT2D eigenvalue weighted by Crippen LogP contribution is 2.26. The Morgan fingerprint density at radius 1 is 1.15 bits per heavy atom. The zero-order chi connectivity index (χ0) is 18.8. The lowest BCUT2D eigenvalue weighted by Crippen LogP contribution is -2.37. The van der Waals surface area contributed by atoms with Crippen LogP contribution in [0.4, 0.5) is 0 Å². The van der Waals surface area contributed by atoms with Gasteiger partial charge in [0.25, 0.3) is 0 Å². The van der Waals surface area contributed by atoms with Gasteiger partial charge in [-0.25, -0.2) is 18.5 Å². The summed E-state index contributed by atoms with van der Waals surface area (Å²) in [5.41, 5.74) is 0.941. The second-order valence-corrected chi connectivity index (χ2v) is 8.52. The van der Waals surface area contributed by atoms with Gasteiger partial charge in [-0.15, -0.1) is 24.0 Å². The SMILES string of the molecule is CCNC(=NCc1ccc(S(N)(=O)=O)cc1)NCCCC1CCCCC1.I. The van der Waals surface area contributed by atoms with Crippen molar-refractivity contribution >= 4 is 40.0 Å². The third-order valence-corrected chi connectivity index (χ3v) is 5.75. The second-order valence-electron chi connectivity index (χ2n) is 6.96. The van der Waals surface area contributed by atoms with Crippen LogP contribution in [0.3, 0.4) is 0 Å². The lowest BCUT2D eigenvalue weighted by molar-refractivity contribution is 0.332. The Hall–Kier alpha value is -0.870. The highest BCUT2D eigenvalue weighted by atomic mass is 127. The maximum atomic E-state index is 11.3. The predicted molar refractivity (Wildman–Crippen MR) is 122 cm³/mol. The first-order valence-corrected chi connectivity index (χ1v) is 11.2. The number of guanidine groups is 1. The fourth-order valence-corrected chi connectivity index (χ4v) is 3.89. The van der Waals surface area contributed by atoms with Crippen LogP contribution in [0.2, 0.25) is 0 Å². The average Bonchev–Trinajstić information content (AvgIpc) is 2.63. The number of nitrogens with one attached hydrogen (secondary N) is 2. The first-order valence-electron chi connectivity index (χ1n) is 9.63. The molecule has 0 radical (unpaired) electrons. The maximum absolute atomic E-state index is 11.3. The number of hydrogen-bond acceptors (Lipinski definition) is 3. The number of sulfonamides is 1. The van der Waals surface area contributed by atoms with Crippen LogP contribution < -0.4 is 15.8 Å². The van der Waals surface area contributed by atoms with E-state index < -0.39 is 10.0 Å². The standard InChI is InChI=1S/C19H32N4O2S.HI/c1-2-21-19(22-14-6-9-16-7-4-3-5-8-16)23-15-17-10-12-18(13-11-17)26(20,24)25;/h10-13,16H,2-9,14-15H2,1H3,(H2,20,24,25)(H2,21,22,23);1H. The first-order chi connectivity index (χ1) is 12.5. The minimum Gasteiger partial charge on any atom is -0.357 e. The molecule has 27 heavy (non-hydrogen) atoms. The Morgan fingerprint density at radius 2 is 1.81 bits per heavy atom. The van der Waals surface area contributed by atoms with Crippen molar-refractivity contribution in [2.24, 2.45) is 16.0 Å². The molecule has 1 fully saturated rings. The molecule has 1 saturated carbocycles. The van der Waals surface area contributed by atoms with Crippen LogP contribution in [-0.2, 0) is 16.6 Å². The van der Waals surface area contributed by atoms with Gasteiger partial charge in [-0.3, -0.25) is 0 Å². The van der Waals surface area contributed by atoms with Gasteiger partial charge in [0.1, 0.15) is 0 Å². The normalized spacial score (nSPS) is 15.9. The van der Waals surface area contributed by atoms with Crippen molar-refractivity contribution in [3.63, 3.8) is 0 Å². The summed E-state index contributed by atoms with van der Waals surface area (Å²) >= 11 is 0. The van der Waals surface area contributed by atoms with E-state index in [0.717, 1.165) is 37.0 Å². The molecule has 6 nitrogen and oxygen atoms in total. The summed E-state index contributed by atoms with van der Waals surface area (Å²) in [5, 5.41) is 11.8. The zero-order valence-corrected chi connectivity index (χ0v) is 19.3. The highest BCUT2D eigenvalue weighted by Gasteiger charge is 2.12. The average molecular weight is 508 g/mol. The van der Waals surface area contributed by atoms with Gasteiger partial charge < -0.3 is 10.6 Å². The molecule has 4 N–H and O–H groups in total. The quantitative estimate of drug-likeness (QED) is 0.217. The second kappa shape index (κ2) is 12.6. The van der Waals surface area contributed by atoms with Gasteiger partial charge in [-0.05, 0) is 43.4 Å². The lowest BCUT2D eigenvalue weighted by Gasteiger charge is -2.21. The number of rotatable bonds is 8. The highest BCUT2D eigenvalue weighted by molar-refractivity contribution is 14.0. The molecule has 1 aliphatic rings. The summed E-state index contributed by atoms with van der Waals surface area (Å²) in [6.45, 7) is 4.26. The Balaban J connectivity index is 0.00000364. The van der Waals surface area contributed by atoms with Crippen LogP contribution in [-0.4, -0.2) is 27.5 Å². The molecule has 0 aliphatic heterocycles. The van der Waals surface area contributed by atoms with Crippen molar-refractivity contribution in [1.29, 1.82) is 0 Å². The Kier molecular flexibility index (Phi) is 11.2. The molecule has 1 aromatic rings. The third-order valence-electron chi connectivity index (χ3n) is 4.82. The van der Waals surface area contributed by atoms with E-state index >= 15 is 0 Å². The predicted octanol–water partition coefficient (Wildman–Crippen LogP) is 3.37. The van der Waals surface area contributed by atoms with Crippen LogP contribution >= 0.6 is 24.0 Å². The van der Waals surface area contributed by atoms with Crippen LogP contribution in [0.1, 0.15) is 57.4 Å². The van der Waals surface area contributed by atoms with E-state index in [-0.39, 0.29) is 28.9 Å². The Bertz CT molecular complexity index is 671. The van der Waals surface area contributed by atoms with Gasteiger partial charge in [0.15, 0.2) is 5.96 Å². The summed E-state index contributed by atoms with van der Waals surface area (Å²) in [6, 6.07) is 6.53. The van der Waals surface area contributed by atoms with E-state index in [1.54, 1.807) is 12.1 Å². The van der Waals surface area contributed by atoms with E-state index in [1.807, 2.05) is 6.92 Å². The van der Waals surface area contributed by atoms with Crippen LogP contribution in [0, 0.1) is 5.92 Å². The molecule has 0 amide bonds. The summed E-state index contributed by atoms with van der Waals surface area (Å²) in [4.78, 5) is 4.70. The number of halogens is 1. The first kappa shape index (κ1) is 24.2. The molecule has 0 atom stereocenters. The molecule has 0 spiro atoms. The van der Waals surface area contributed by atoms with Gasteiger partial charge >= 0.3 is 0 Å². The van der Waals surface area contributed by atoms with Crippen molar-refractivity contribution in [3.05, 3.63) is 29.8 Å². The van der Waals surface area contributed by atoms with Crippen LogP contribution in [0.5, 0.6) is 0 Å². The fraction of sp³-hybridized carbons (Fsp3) is 0.632. The van der Waals surface area contributed by atoms with E-state index in [1.165, 1.54) is 50.7 Å². The Morgan fingerprint density at radius 3 is 2.41 bits per heavy atom. The molecule has 0 aromatic heterocycles. The summed E-state index contributed by atoms with van der Waals surface area (Å²) in [6.07, 6.45) is 9.44. The molecular formula is C19H33IN4O2S. The summed E-state index contributed by atoms with van der Waals surface area (Å²) < 4.78 is 22.6. The van der Waals surface area contributed by atoms with E-state index in [0.29, 0.717) is 6.54 Å². The van der Waals surface area contributed by atoms with Gasteiger partial charge in [0, 0.05) is 13.1 Å². The number of benzene rings is 1. The van der Waals surface area contributed by atoms with Gasteiger partial charge in [-0.1, -0.05) is 44.2 Å². The van der Waals surface area contributed by atoms with E-state index in [2.05, 4.69) is 15.6 Å². The van der Waals surface area contributed by atoms with Gasteiger partial charge in [-0.2, -0.15) is 0 Å². The number of hydrogen-bond donors (Lipinski definition) is 3.